The molecule has 2 amide bonds. The summed E-state index contributed by atoms with van der Waals surface area (Å²) >= 11 is 5.88. The highest BCUT2D eigenvalue weighted by molar-refractivity contribution is 6.35. The van der Waals surface area contributed by atoms with Crippen LogP contribution in [0.25, 0.3) is 11.1 Å². The Labute approximate surface area is 219 Å². The number of benzene rings is 3. The SMILES string of the molecule is CC[C@]12C(=O)[C@](CC)(C(c3ccccc3)=C1c1ccccc1)[C@H]1C(=O)N(c3ccc(Cl)c(F)c3)C(=O)[C@@H]12. The Hall–Kier alpha value is -3.57. The molecule has 4 atom stereocenters. The highest BCUT2D eigenvalue weighted by Gasteiger charge is 2.80. The largest absolute Gasteiger partial charge is 0.298 e. The van der Waals surface area contributed by atoms with Crippen molar-refractivity contribution < 1.29 is 18.8 Å². The van der Waals surface area contributed by atoms with Gasteiger partial charge in [0.15, 0.2) is 5.78 Å². The van der Waals surface area contributed by atoms with Crippen LogP contribution in [0, 0.1) is 28.5 Å². The summed E-state index contributed by atoms with van der Waals surface area (Å²) < 4.78 is 14.4. The van der Waals surface area contributed by atoms with Crippen molar-refractivity contribution in [1.82, 2.24) is 0 Å². The predicted octanol–water partition coefficient (Wildman–Crippen LogP) is 6.58. The molecule has 0 aromatic heterocycles. The van der Waals surface area contributed by atoms with Crippen LogP contribution in [-0.4, -0.2) is 17.6 Å². The number of hydrogen-bond acceptors (Lipinski definition) is 3. The summed E-state index contributed by atoms with van der Waals surface area (Å²) in [4.78, 5) is 44.0. The van der Waals surface area contributed by atoms with Crippen LogP contribution in [0.15, 0.2) is 78.9 Å². The molecule has 2 fully saturated rings. The minimum Gasteiger partial charge on any atom is -0.298 e. The normalized spacial score (nSPS) is 28.4. The van der Waals surface area contributed by atoms with Crippen molar-refractivity contribution >= 4 is 46.0 Å². The first kappa shape index (κ1) is 23.8. The Bertz CT molecular complexity index is 1420. The molecule has 0 spiro atoms. The van der Waals surface area contributed by atoms with Crippen molar-refractivity contribution in [3.05, 3.63) is 101 Å². The number of imide groups is 1. The third-order valence-corrected chi connectivity index (χ3v) is 9.03. The third kappa shape index (κ3) is 2.81. The summed E-state index contributed by atoms with van der Waals surface area (Å²) in [5.74, 6) is -3.40. The van der Waals surface area contributed by atoms with E-state index in [0.29, 0.717) is 12.8 Å². The minimum absolute atomic E-state index is 0.0543. The van der Waals surface area contributed by atoms with Crippen LogP contribution in [0.2, 0.25) is 5.02 Å². The lowest BCUT2D eigenvalue weighted by Crippen LogP contribution is -2.41. The zero-order valence-corrected chi connectivity index (χ0v) is 21.3. The van der Waals surface area contributed by atoms with Gasteiger partial charge in [-0.05, 0) is 53.3 Å². The van der Waals surface area contributed by atoms with Crippen LogP contribution in [0.4, 0.5) is 10.1 Å². The summed E-state index contributed by atoms with van der Waals surface area (Å²) in [6, 6.07) is 23.3. The average molecular weight is 514 g/mol. The second-order valence-electron chi connectivity index (χ2n) is 10.0. The maximum absolute atomic E-state index is 14.6. The number of rotatable bonds is 5. The Morgan fingerprint density at radius 3 is 1.62 bits per heavy atom. The molecule has 1 heterocycles. The van der Waals surface area contributed by atoms with E-state index in [0.717, 1.165) is 33.2 Å². The molecular weight excluding hydrogens is 489 g/mol. The maximum atomic E-state index is 14.6. The van der Waals surface area contributed by atoms with E-state index in [1.807, 2.05) is 74.5 Å². The number of allylic oxidation sites excluding steroid dienone is 2. The van der Waals surface area contributed by atoms with E-state index in [1.54, 1.807) is 0 Å². The summed E-state index contributed by atoms with van der Waals surface area (Å²) in [6.45, 7) is 3.83. The van der Waals surface area contributed by atoms with Crippen molar-refractivity contribution in [3.8, 4) is 0 Å². The average Bonchev–Trinajstić information content (AvgIpc) is 3.42. The summed E-state index contributed by atoms with van der Waals surface area (Å²) in [6.07, 6.45) is 0.744. The standard InChI is InChI=1S/C31H25ClFNO3/c1-3-30-23(18-11-7-5-8-12-18)24(19-13-9-6-10-14-19)31(4-2,29(30)37)26-25(30)27(35)34(28(26)36)20-15-16-21(32)22(33)17-20/h5-17,25-26H,3-4H2,1-2H3/t25-,26-,30-,31+/m1/s1. The topological polar surface area (TPSA) is 54.5 Å². The van der Waals surface area contributed by atoms with Crippen LogP contribution >= 0.6 is 11.6 Å². The molecule has 0 unspecified atom stereocenters. The van der Waals surface area contributed by atoms with Crippen LogP contribution in [-0.2, 0) is 14.4 Å². The van der Waals surface area contributed by atoms with Gasteiger partial charge in [0.05, 0.1) is 33.4 Å². The number of ketones is 1. The molecule has 186 valence electrons. The van der Waals surface area contributed by atoms with Crippen LogP contribution < -0.4 is 4.90 Å². The number of carbonyl (C=O) groups excluding carboxylic acids is 3. The Kier molecular flexibility index (Phi) is 5.29. The fourth-order valence-electron chi connectivity index (χ4n) is 7.33. The van der Waals surface area contributed by atoms with Crippen molar-refractivity contribution in [2.24, 2.45) is 22.7 Å². The van der Waals surface area contributed by atoms with E-state index in [2.05, 4.69) is 0 Å². The molecule has 3 aromatic rings. The monoisotopic (exact) mass is 513 g/mol. The molecule has 6 rings (SSSR count). The van der Waals surface area contributed by atoms with Crippen molar-refractivity contribution in [2.75, 3.05) is 4.90 Å². The maximum Gasteiger partial charge on any atom is 0.239 e. The summed E-state index contributed by atoms with van der Waals surface area (Å²) in [5, 5.41) is -0.0901. The van der Waals surface area contributed by atoms with Crippen LogP contribution in [0.5, 0.6) is 0 Å². The van der Waals surface area contributed by atoms with Crippen molar-refractivity contribution in [3.63, 3.8) is 0 Å². The van der Waals surface area contributed by atoms with Crippen LogP contribution in [0.1, 0.15) is 37.8 Å². The van der Waals surface area contributed by atoms with Gasteiger partial charge in [0.2, 0.25) is 11.8 Å². The zero-order valence-electron chi connectivity index (χ0n) is 20.5. The second-order valence-corrected chi connectivity index (χ2v) is 10.4. The van der Waals surface area contributed by atoms with Gasteiger partial charge in [0, 0.05) is 0 Å². The molecule has 2 aliphatic carbocycles. The van der Waals surface area contributed by atoms with E-state index < -0.39 is 40.3 Å². The van der Waals surface area contributed by atoms with Gasteiger partial charge in [-0.2, -0.15) is 0 Å². The van der Waals surface area contributed by atoms with Gasteiger partial charge in [0.1, 0.15) is 5.82 Å². The first-order valence-electron chi connectivity index (χ1n) is 12.6. The fraction of sp³-hybridized carbons (Fsp3) is 0.258. The second kappa shape index (κ2) is 8.22. The number of carbonyl (C=O) groups is 3. The molecule has 0 N–H and O–H groups in total. The highest BCUT2D eigenvalue weighted by atomic mass is 35.5. The molecule has 37 heavy (non-hydrogen) atoms. The number of nitrogens with zero attached hydrogens (tertiary/aromatic N) is 1. The molecule has 4 nitrogen and oxygen atoms in total. The molecule has 1 saturated carbocycles. The van der Waals surface area contributed by atoms with Gasteiger partial charge < -0.3 is 0 Å². The minimum atomic E-state index is -1.17. The number of fused-ring (bicyclic) bond motifs is 5. The summed E-state index contributed by atoms with van der Waals surface area (Å²) in [5.41, 5.74) is 1.22. The number of Topliss-reactive ketones (excluding diaryl/α,β-unsaturated/α-hetero) is 1. The predicted molar refractivity (Wildman–Crippen MR) is 141 cm³/mol. The number of hydrogen-bond donors (Lipinski definition) is 0. The van der Waals surface area contributed by atoms with Crippen molar-refractivity contribution in [1.29, 1.82) is 0 Å². The van der Waals surface area contributed by atoms with E-state index in [-0.39, 0.29) is 16.5 Å². The van der Waals surface area contributed by atoms with Gasteiger partial charge in [-0.3, -0.25) is 14.4 Å². The Balaban J connectivity index is 1.66. The number of amides is 2. The summed E-state index contributed by atoms with van der Waals surface area (Å²) in [7, 11) is 0. The van der Waals surface area contributed by atoms with Gasteiger partial charge >= 0.3 is 0 Å². The van der Waals surface area contributed by atoms with Gasteiger partial charge in [-0.15, -0.1) is 0 Å². The lowest BCUT2D eigenvalue weighted by atomic mass is 9.60. The first-order valence-corrected chi connectivity index (χ1v) is 13.0. The molecule has 3 aliphatic rings. The molecule has 0 radical (unpaired) electrons. The molecular formula is C31H25ClFNO3. The van der Waals surface area contributed by atoms with Gasteiger partial charge in [-0.25, -0.2) is 9.29 Å². The van der Waals surface area contributed by atoms with E-state index in [1.165, 1.54) is 12.1 Å². The quantitative estimate of drug-likeness (QED) is 0.362. The van der Waals surface area contributed by atoms with Crippen molar-refractivity contribution in [2.45, 2.75) is 26.7 Å². The lowest BCUT2D eigenvalue weighted by Gasteiger charge is -2.38. The number of anilines is 1. The highest BCUT2D eigenvalue weighted by Crippen LogP contribution is 2.75. The molecule has 6 heteroatoms. The fourth-order valence-corrected chi connectivity index (χ4v) is 7.45. The number of halogens is 2. The van der Waals surface area contributed by atoms with Gasteiger partial charge in [0.25, 0.3) is 0 Å². The smallest absolute Gasteiger partial charge is 0.239 e. The van der Waals surface area contributed by atoms with E-state index >= 15 is 0 Å². The van der Waals surface area contributed by atoms with E-state index in [9.17, 15) is 18.8 Å². The lowest BCUT2D eigenvalue weighted by molar-refractivity contribution is -0.134. The first-order chi connectivity index (χ1) is 17.8. The Morgan fingerprint density at radius 2 is 1.22 bits per heavy atom. The van der Waals surface area contributed by atoms with E-state index in [4.69, 9.17) is 11.6 Å². The molecule has 3 aromatic carbocycles. The molecule has 1 saturated heterocycles. The van der Waals surface area contributed by atoms with Crippen LogP contribution in [0.3, 0.4) is 0 Å². The van der Waals surface area contributed by atoms with Gasteiger partial charge in [-0.1, -0.05) is 86.1 Å². The molecule has 1 aliphatic heterocycles. The molecule has 2 bridgehead atoms. The zero-order chi connectivity index (χ0) is 26.1. The Morgan fingerprint density at radius 1 is 0.757 bits per heavy atom. The third-order valence-electron chi connectivity index (χ3n) is 8.72.